The first-order chi connectivity index (χ1) is 18.3. The van der Waals surface area contributed by atoms with Crippen molar-refractivity contribution in [3.8, 4) is 0 Å². The Balaban J connectivity index is 1.39. The van der Waals surface area contributed by atoms with Gasteiger partial charge in [0.1, 0.15) is 0 Å². The predicted octanol–water partition coefficient (Wildman–Crippen LogP) is 5.31. The number of para-hydroxylation sites is 1. The number of anilines is 1. The molecule has 2 aromatic rings. The van der Waals surface area contributed by atoms with Crippen LogP contribution in [0.25, 0.3) is 0 Å². The van der Waals surface area contributed by atoms with E-state index in [1.54, 1.807) is 6.92 Å². The number of piperazine rings is 1. The molecule has 1 heterocycles. The van der Waals surface area contributed by atoms with Crippen LogP contribution in [-0.2, 0) is 16.0 Å². The van der Waals surface area contributed by atoms with E-state index in [0.717, 1.165) is 57.0 Å². The smallest absolute Gasteiger partial charge is 0.220 e. The number of hydrogen-bond acceptors (Lipinski definition) is 4. The van der Waals surface area contributed by atoms with Gasteiger partial charge in [0.05, 0.1) is 6.04 Å². The van der Waals surface area contributed by atoms with Crippen LogP contribution in [0.1, 0.15) is 63.6 Å². The average Bonchev–Trinajstić information content (AvgIpc) is 2.88. The number of benzene rings is 2. The topological polar surface area (TPSA) is 55.9 Å². The second-order valence-electron chi connectivity index (χ2n) is 10.9. The molecule has 1 aliphatic heterocycles. The van der Waals surface area contributed by atoms with E-state index in [0.29, 0.717) is 19.0 Å². The second kappa shape index (κ2) is 13.5. The van der Waals surface area contributed by atoms with Crippen molar-refractivity contribution in [2.75, 3.05) is 44.2 Å². The number of rotatable bonds is 11. The van der Waals surface area contributed by atoms with Crippen LogP contribution < -0.4 is 10.2 Å². The van der Waals surface area contributed by atoms with Crippen LogP contribution >= 0.6 is 11.6 Å². The maximum Gasteiger partial charge on any atom is 0.220 e. The van der Waals surface area contributed by atoms with Gasteiger partial charge in [-0.15, -0.1) is 0 Å². The zero-order chi connectivity index (χ0) is 27.1. The van der Waals surface area contributed by atoms with Crippen LogP contribution in [0.5, 0.6) is 0 Å². The molecule has 2 aliphatic rings. The summed E-state index contributed by atoms with van der Waals surface area (Å²) in [4.78, 5) is 31.9. The van der Waals surface area contributed by atoms with Crippen molar-refractivity contribution < 1.29 is 9.59 Å². The van der Waals surface area contributed by atoms with Gasteiger partial charge in [-0.25, -0.2) is 0 Å². The molecule has 1 aliphatic carbocycles. The van der Waals surface area contributed by atoms with Crippen molar-refractivity contribution in [2.24, 2.45) is 5.92 Å². The molecule has 2 amide bonds. The van der Waals surface area contributed by atoms with Gasteiger partial charge < -0.3 is 15.1 Å². The summed E-state index contributed by atoms with van der Waals surface area (Å²) in [6, 6.07) is 16.9. The normalized spacial score (nSPS) is 17.9. The minimum Gasteiger partial charge on any atom is -0.369 e. The minimum absolute atomic E-state index is 0.0321. The molecule has 2 atom stereocenters. The van der Waals surface area contributed by atoms with Gasteiger partial charge in [0.2, 0.25) is 11.8 Å². The number of carbonyl (C=O) groups is 2. The molecule has 0 aromatic heterocycles. The molecule has 1 saturated carbocycles. The quantitative estimate of drug-likeness (QED) is 0.421. The van der Waals surface area contributed by atoms with Crippen LogP contribution in [0.2, 0.25) is 5.02 Å². The number of nitrogens with zero attached hydrogens (tertiary/aromatic N) is 3. The Morgan fingerprint density at radius 3 is 2.34 bits per heavy atom. The predicted molar refractivity (Wildman–Crippen MR) is 156 cm³/mol. The Labute approximate surface area is 233 Å². The molecular weight excluding hydrogens is 496 g/mol. The van der Waals surface area contributed by atoms with Crippen molar-refractivity contribution in [3.63, 3.8) is 0 Å². The van der Waals surface area contributed by atoms with E-state index >= 15 is 0 Å². The molecule has 1 saturated heterocycles. The first kappa shape index (κ1) is 28.4. The number of nitrogens with one attached hydrogen (secondary N) is 1. The van der Waals surface area contributed by atoms with Gasteiger partial charge in [-0.1, -0.05) is 41.9 Å². The van der Waals surface area contributed by atoms with Gasteiger partial charge in [0.15, 0.2) is 0 Å². The van der Waals surface area contributed by atoms with E-state index in [2.05, 4.69) is 58.4 Å². The second-order valence-corrected chi connectivity index (χ2v) is 11.4. The van der Waals surface area contributed by atoms with Gasteiger partial charge >= 0.3 is 0 Å². The highest BCUT2D eigenvalue weighted by Gasteiger charge is 2.27. The van der Waals surface area contributed by atoms with Gasteiger partial charge in [-0.2, -0.15) is 0 Å². The standard InChI is InChI=1S/C31H43ClN4O2/c1-4-36(24(3)37)23(2)29-10-5-6-11-30(29)35-18-16-34(17-19-35)22-26(20-25-12-14-27(32)15-13-25)21-31(38)33-28-8-7-9-28/h5-6,10-15,23,26,28H,4,7-9,16-22H2,1-3H3,(H,33,38)/t23?,26-/m0/s1. The Morgan fingerprint density at radius 2 is 1.74 bits per heavy atom. The summed E-state index contributed by atoms with van der Waals surface area (Å²) in [6.45, 7) is 11.2. The fraction of sp³-hybridized carbons (Fsp3) is 0.548. The van der Waals surface area contributed by atoms with Crippen LogP contribution in [0.15, 0.2) is 48.5 Å². The molecule has 0 radical (unpaired) electrons. The number of halogens is 1. The van der Waals surface area contributed by atoms with Gasteiger partial charge in [0, 0.05) is 69.4 Å². The third kappa shape index (κ3) is 7.51. The van der Waals surface area contributed by atoms with Crippen molar-refractivity contribution in [1.82, 2.24) is 15.1 Å². The van der Waals surface area contributed by atoms with E-state index in [4.69, 9.17) is 11.6 Å². The zero-order valence-corrected chi connectivity index (χ0v) is 23.9. The molecule has 206 valence electrons. The highest BCUT2D eigenvalue weighted by Crippen LogP contribution is 2.31. The molecule has 1 N–H and O–H groups in total. The Hall–Kier alpha value is -2.57. The number of amides is 2. The molecule has 7 heteroatoms. The molecule has 2 fully saturated rings. The van der Waals surface area contributed by atoms with Crippen molar-refractivity contribution >= 4 is 29.1 Å². The molecule has 0 spiro atoms. The van der Waals surface area contributed by atoms with E-state index in [9.17, 15) is 9.59 Å². The van der Waals surface area contributed by atoms with Crippen LogP contribution in [0.3, 0.4) is 0 Å². The summed E-state index contributed by atoms with van der Waals surface area (Å²) in [5.74, 6) is 0.539. The Kier molecular flexibility index (Phi) is 10.1. The first-order valence-electron chi connectivity index (χ1n) is 14.2. The van der Waals surface area contributed by atoms with E-state index < -0.39 is 0 Å². The summed E-state index contributed by atoms with van der Waals surface area (Å²) in [5.41, 5.74) is 3.64. The number of carbonyl (C=O) groups excluding carboxylic acids is 2. The van der Waals surface area contributed by atoms with E-state index in [1.807, 2.05) is 24.0 Å². The summed E-state index contributed by atoms with van der Waals surface area (Å²) >= 11 is 6.11. The van der Waals surface area contributed by atoms with E-state index in [1.165, 1.54) is 23.2 Å². The molecule has 6 nitrogen and oxygen atoms in total. The third-order valence-corrected chi connectivity index (χ3v) is 8.46. The van der Waals surface area contributed by atoms with Gasteiger partial charge in [-0.3, -0.25) is 14.5 Å². The first-order valence-corrected chi connectivity index (χ1v) is 14.6. The van der Waals surface area contributed by atoms with Gasteiger partial charge in [0.25, 0.3) is 0 Å². The lowest BCUT2D eigenvalue weighted by molar-refractivity contribution is -0.130. The Bertz CT molecular complexity index is 1060. The molecule has 2 aromatic carbocycles. The number of hydrogen-bond donors (Lipinski definition) is 1. The fourth-order valence-electron chi connectivity index (χ4n) is 5.86. The lowest BCUT2D eigenvalue weighted by atomic mass is 9.91. The van der Waals surface area contributed by atoms with Gasteiger partial charge in [-0.05, 0) is 74.8 Å². The Morgan fingerprint density at radius 1 is 1.05 bits per heavy atom. The summed E-state index contributed by atoms with van der Waals surface area (Å²) in [5, 5.41) is 3.97. The van der Waals surface area contributed by atoms with Crippen LogP contribution in [0.4, 0.5) is 5.69 Å². The molecular formula is C31H43ClN4O2. The largest absolute Gasteiger partial charge is 0.369 e. The van der Waals surface area contributed by atoms with Crippen LogP contribution in [-0.4, -0.2) is 66.9 Å². The van der Waals surface area contributed by atoms with Crippen LogP contribution in [0, 0.1) is 5.92 Å². The highest BCUT2D eigenvalue weighted by molar-refractivity contribution is 6.30. The molecule has 1 unspecified atom stereocenters. The lowest BCUT2D eigenvalue weighted by Crippen LogP contribution is -2.49. The fourth-order valence-corrected chi connectivity index (χ4v) is 5.98. The SMILES string of the molecule is CCN(C(C)=O)C(C)c1ccccc1N1CCN(C[C@H](CC(=O)NC2CCC2)Cc2ccc(Cl)cc2)CC1. The highest BCUT2D eigenvalue weighted by atomic mass is 35.5. The average molecular weight is 539 g/mol. The summed E-state index contributed by atoms with van der Waals surface area (Å²) in [7, 11) is 0. The molecule has 4 rings (SSSR count). The zero-order valence-electron chi connectivity index (χ0n) is 23.2. The lowest BCUT2D eigenvalue weighted by Gasteiger charge is -2.39. The summed E-state index contributed by atoms with van der Waals surface area (Å²) < 4.78 is 0. The van der Waals surface area contributed by atoms with Crippen molar-refractivity contribution in [1.29, 1.82) is 0 Å². The maximum atomic E-state index is 12.8. The van der Waals surface area contributed by atoms with Crippen molar-refractivity contribution in [2.45, 2.75) is 65.0 Å². The molecule has 0 bridgehead atoms. The monoisotopic (exact) mass is 538 g/mol. The summed E-state index contributed by atoms with van der Waals surface area (Å²) in [6.07, 6.45) is 4.86. The molecule has 38 heavy (non-hydrogen) atoms. The minimum atomic E-state index is 0.0321. The third-order valence-electron chi connectivity index (χ3n) is 8.21. The maximum absolute atomic E-state index is 12.8. The van der Waals surface area contributed by atoms with E-state index in [-0.39, 0.29) is 23.8 Å². The van der Waals surface area contributed by atoms with Crippen molar-refractivity contribution in [3.05, 3.63) is 64.7 Å².